The zero-order chi connectivity index (χ0) is 22.2. The molecule has 0 aliphatic carbocycles. The maximum absolute atomic E-state index is 12.1. The Kier molecular flexibility index (Phi) is 7.47. The number of aromatic nitrogens is 2. The highest BCUT2D eigenvalue weighted by molar-refractivity contribution is 7.08. The van der Waals surface area contributed by atoms with E-state index in [1.807, 2.05) is 35.0 Å². The second-order valence-corrected chi connectivity index (χ2v) is 8.30. The smallest absolute Gasteiger partial charge is 0.248 e. The molecule has 9 nitrogen and oxygen atoms in total. The number of aryl methyl sites for hydroxylation is 1. The van der Waals surface area contributed by atoms with Crippen molar-refractivity contribution in [1.82, 2.24) is 25.9 Å². The lowest BCUT2D eigenvalue weighted by atomic mass is 10.2. The third kappa shape index (κ3) is 6.14. The van der Waals surface area contributed by atoms with E-state index in [0.717, 1.165) is 31.7 Å². The maximum Gasteiger partial charge on any atom is 0.248 e. The number of hydrogen-bond donors (Lipinski definition) is 2. The zero-order valence-electron chi connectivity index (χ0n) is 17.7. The standard InChI is InChI=1S/C22H26N6O3S/c29-19(6-7-21-25-26-22(31-21)17-9-15-32-16-17)23-24-20(30)8-10-27-11-13-28(14-12-27)18-4-2-1-3-5-18/h1-5,9,15-16H,6-8,10-14H2,(H,23,29)(H,24,30). The number of benzene rings is 1. The molecule has 168 valence electrons. The predicted molar refractivity (Wildman–Crippen MR) is 122 cm³/mol. The number of amides is 2. The van der Waals surface area contributed by atoms with Gasteiger partial charge in [0.2, 0.25) is 23.6 Å². The highest BCUT2D eigenvalue weighted by Gasteiger charge is 2.18. The number of carbonyl (C=O) groups excluding carboxylic acids is 2. The molecule has 1 aliphatic heterocycles. The van der Waals surface area contributed by atoms with Gasteiger partial charge < -0.3 is 9.32 Å². The van der Waals surface area contributed by atoms with Crippen LogP contribution in [0, 0.1) is 0 Å². The van der Waals surface area contributed by atoms with Gasteiger partial charge in [0, 0.05) is 68.6 Å². The van der Waals surface area contributed by atoms with E-state index in [1.165, 1.54) is 5.69 Å². The van der Waals surface area contributed by atoms with Gasteiger partial charge in [0.25, 0.3) is 0 Å². The molecule has 3 aromatic rings. The number of carbonyl (C=O) groups is 2. The summed E-state index contributed by atoms with van der Waals surface area (Å²) in [5.74, 6) is 0.327. The molecule has 0 radical (unpaired) electrons. The van der Waals surface area contributed by atoms with Gasteiger partial charge in [-0.25, -0.2) is 0 Å². The summed E-state index contributed by atoms with van der Waals surface area (Å²) in [6.07, 6.45) is 0.788. The van der Waals surface area contributed by atoms with E-state index in [4.69, 9.17) is 4.42 Å². The van der Waals surface area contributed by atoms with E-state index in [1.54, 1.807) is 11.3 Å². The van der Waals surface area contributed by atoms with Crippen molar-refractivity contribution in [2.75, 3.05) is 37.6 Å². The van der Waals surface area contributed by atoms with Crippen molar-refractivity contribution in [2.45, 2.75) is 19.3 Å². The minimum absolute atomic E-state index is 0.146. The molecule has 1 aliphatic rings. The fourth-order valence-electron chi connectivity index (χ4n) is 3.47. The molecule has 3 heterocycles. The Bertz CT molecular complexity index is 1000. The molecule has 0 spiro atoms. The summed E-state index contributed by atoms with van der Waals surface area (Å²) in [7, 11) is 0. The predicted octanol–water partition coefficient (Wildman–Crippen LogP) is 2.09. The summed E-state index contributed by atoms with van der Waals surface area (Å²) >= 11 is 1.55. The van der Waals surface area contributed by atoms with Crippen LogP contribution >= 0.6 is 11.3 Å². The van der Waals surface area contributed by atoms with Crippen molar-refractivity contribution in [1.29, 1.82) is 0 Å². The molecule has 1 aromatic carbocycles. The first-order valence-corrected chi connectivity index (χ1v) is 11.6. The van der Waals surface area contributed by atoms with Crippen LogP contribution in [0.2, 0.25) is 0 Å². The number of thiophene rings is 1. The minimum Gasteiger partial charge on any atom is -0.421 e. The summed E-state index contributed by atoms with van der Waals surface area (Å²) in [5, 5.41) is 11.8. The Morgan fingerprint density at radius 1 is 0.969 bits per heavy atom. The van der Waals surface area contributed by atoms with Crippen molar-refractivity contribution in [2.24, 2.45) is 0 Å². The molecule has 1 fully saturated rings. The largest absolute Gasteiger partial charge is 0.421 e. The van der Waals surface area contributed by atoms with Crippen LogP contribution in [0.25, 0.3) is 11.5 Å². The van der Waals surface area contributed by atoms with Gasteiger partial charge in [0.15, 0.2) is 0 Å². The normalized spacial score (nSPS) is 14.3. The van der Waals surface area contributed by atoms with Crippen LogP contribution in [0.4, 0.5) is 5.69 Å². The first kappa shape index (κ1) is 22.0. The molecule has 10 heteroatoms. The van der Waals surface area contributed by atoms with E-state index in [0.29, 0.717) is 31.2 Å². The van der Waals surface area contributed by atoms with Crippen molar-refractivity contribution >= 4 is 28.8 Å². The third-order valence-corrected chi connectivity index (χ3v) is 5.97. The van der Waals surface area contributed by atoms with Gasteiger partial charge in [0.05, 0.1) is 0 Å². The van der Waals surface area contributed by atoms with Gasteiger partial charge in [-0.05, 0) is 23.6 Å². The number of rotatable bonds is 8. The highest BCUT2D eigenvalue weighted by atomic mass is 32.1. The SMILES string of the molecule is O=C(CCc1nnc(-c2ccsc2)o1)NNC(=O)CCN1CCN(c2ccccc2)CC1. The molecule has 32 heavy (non-hydrogen) atoms. The summed E-state index contributed by atoms with van der Waals surface area (Å²) in [6, 6.07) is 12.2. The molecule has 0 bridgehead atoms. The molecule has 2 aromatic heterocycles. The number of nitrogens with one attached hydrogen (secondary N) is 2. The third-order valence-electron chi connectivity index (χ3n) is 5.29. The minimum atomic E-state index is -0.301. The molecule has 0 saturated carbocycles. The monoisotopic (exact) mass is 454 g/mol. The number of nitrogens with zero attached hydrogens (tertiary/aromatic N) is 4. The first-order chi connectivity index (χ1) is 15.7. The van der Waals surface area contributed by atoms with Gasteiger partial charge in [-0.1, -0.05) is 18.2 Å². The van der Waals surface area contributed by atoms with Gasteiger partial charge >= 0.3 is 0 Å². The molecular weight excluding hydrogens is 428 g/mol. The number of hydrazine groups is 1. The van der Waals surface area contributed by atoms with Crippen molar-refractivity contribution < 1.29 is 14.0 Å². The average molecular weight is 455 g/mol. The van der Waals surface area contributed by atoms with Gasteiger partial charge in [-0.3, -0.25) is 25.3 Å². The van der Waals surface area contributed by atoms with Crippen LogP contribution in [0.5, 0.6) is 0 Å². The Morgan fingerprint density at radius 3 is 2.44 bits per heavy atom. The van der Waals surface area contributed by atoms with Gasteiger partial charge in [-0.2, -0.15) is 11.3 Å². The Labute approximate surface area is 190 Å². The van der Waals surface area contributed by atoms with Crippen LogP contribution in [-0.4, -0.2) is 59.6 Å². The summed E-state index contributed by atoms with van der Waals surface area (Å²) in [6.45, 7) is 4.36. The van der Waals surface area contributed by atoms with E-state index in [-0.39, 0.29) is 18.2 Å². The lowest BCUT2D eigenvalue weighted by Crippen LogP contribution is -2.48. The highest BCUT2D eigenvalue weighted by Crippen LogP contribution is 2.20. The summed E-state index contributed by atoms with van der Waals surface area (Å²) in [4.78, 5) is 28.7. The van der Waals surface area contributed by atoms with Crippen LogP contribution in [0.3, 0.4) is 0 Å². The van der Waals surface area contributed by atoms with Gasteiger partial charge in [-0.15, -0.1) is 10.2 Å². The molecule has 4 rings (SSSR count). The molecule has 2 amide bonds. The van der Waals surface area contributed by atoms with E-state index in [2.05, 4.69) is 43.0 Å². The van der Waals surface area contributed by atoms with Crippen LogP contribution in [0.15, 0.2) is 51.6 Å². The summed E-state index contributed by atoms with van der Waals surface area (Å²) in [5.41, 5.74) is 7.03. The number of piperazine rings is 1. The molecule has 0 unspecified atom stereocenters. The quantitative estimate of drug-likeness (QED) is 0.502. The first-order valence-electron chi connectivity index (χ1n) is 10.6. The van der Waals surface area contributed by atoms with E-state index in [9.17, 15) is 9.59 Å². The van der Waals surface area contributed by atoms with Crippen LogP contribution in [-0.2, 0) is 16.0 Å². The number of hydrogen-bond acceptors (Lipinski definition) is 8. The number of anilines is 1. The molecule has 0 atom stereocenters. The van der Waals surface area contributed by atoms with Crippen molar-refractivity contribution in [3.63, 3.8) is 0 Å². The summed E-state index contributed by atoms with van der Waals surface area (Å²) < 4.78 is 5.55. The Hall–Kier alpha value is -3.24. The zero-order valence-corrected chi connectivity index (χ0v) is 18.5. The molecular formula is C22H26N6O3S. The topological polar surface area (TPSA) is 104 Å². The average Bonchev–Trinajstić information content (AvgIpc) is 3.53. The Balaban J connectivity index is 1.09. The lowest BCUT2D eigenvalue weighted by Gasteiger charge is -2.36. The molecule has 1 saturated heterocycles. The Morgan fingerprint density at radius 2 is 1.72 bits per heavy atom. The van der Waals surface area contributed by atoms with Crippen LogP contribution in [0.1, 0.15) is 18.7 Å². The van der Waals surface area contributed by atoms with Crippen molar-refractivity contribution in [3.8, 4) is 11.5 Å². The maximum atomic E-state index is 12.1. The van der Waals surface area contributed by atoms with E-state index >= 15 is 0 Å². The van der Waals surface area contributed by atoms with Crippen LogP contribution < -0.4 is 15.8 Å². The fraction of sp³-hybridized carbons (Fsp3) is 0.364. The van der Waals surface area contributed by atoms with Crippen molar-refractivity contribution in [3.05, 3.63) is 53.0 Å². The lowest BCUT2D eigenvalue weighted by molar-refractivity contribution is -0.129. The second-order valence-electron chi connectivity index (χ2n) is 7.52. The van der Waals surface area contributed by atoms with Gasteiger partial charge in [0.1, 0.15) is 0 Å². The number of para-hydroxylation sites is 1. The molecule has 2 N–H and O–H groups in total. The van der Waals surface area contributed by atoms with E-state index < -0.39 is 0 Å². The second kappa shape index (κ2) is 10.9. The fourth-order valence-corrected chi connectivity index (χ4v) is 4.10.